The third kappa shape index (κ3) is 3.35. The van der Waals surface area contributed by atoms with Gasteiger partial charge >= 0.3 is 6.09 Å². The average molecular weight is 274 g/mol. The summed E-state index contributed by atoms with van der Waals surface area (Å²) in [5.41, 5.74) is 5.71. The van der Waals surface area contributed by atoms with Gasteiger partial charge in [0, 0.05) is 23.6 Å². The van der Waals surface area contributed by atoms with E-state index >= 15 is 0 Å². The van der Waals surface area contributed by atoms with Crippen molar-refractivity contribution in [3.05, 3.63) is 48.5 Å². The second-order valence-electron chi connectivity index (χ2n) is 3.82. The lowest BCUT2D eigenvalue weighted by Gasteiger charge is -2.08. The van der Waals surface area contributed by atoms with Crippen LogP contribution in [0, 0.1) is 0 Å². The van der Waals surface area contributed by atoms with Crippen molar-refractivity contribution in [2.24, 2.45) is 0 Å². The maximum absolute atomic E-state index is 11.8. The van der Waals surface area contributed by atoms with E-state index < -0.39 is 12.0 Å². The Hall–Kier alpha value is -2.83. The molecule has 2 aromatic rings. The number of benzene rings is 1. The van der Waals surface area contributed by atoms with Crippen molar-refractivity contribution in [2.45, 2.75) is 6.92 Å². The van der Waals surface area contributed by atoms with Crippen LogP contribution in [0.1, 0.15) is 17.3 Å². The molecule has 0 atom stereocenters. The summed E-state index contributed by atoms with van der Waals surface area (Å²) in [6, 6.07) is 6.86. The minimum atomic E-state index is -0.698. The average Bonchev–Trinajstić information content (AvgIpc) is 2.99. The molecule has 0 fully saturated rings. The first kappa shape index (κ1) is 13.6. The van der Waals surface area contributed by atoms with Crippen LogP contribution in [0.25, 0.3) is 5.69 Å². The number of ether oxygens (including phenoxy) is 1. The molecule has 7 heteroatoms. The molecule has 1 aromatic heterocycles. The molecular formula is C13H14N4O3. The second-order valence-corrected chi connectivity index (χ2v) is 3.82. The highest BCUT2D eigenvalue weighted by atomic mass is 16.5. The zero-order chi connectivity index (χ0) is 14.4. The van der Waals surface area contributed by atoms with Gasteiger partial charge in [0.05, 0.1) is 12.9 Å². The van der Waals surface area contributed by atoms with Gasteiger partial charge in [-0.15, -0.1) is 0 Å². The molecule has 2 N–H and O–H groups in total. The molecule has 2 amide bonds. The summed E-state index contributed by atoms with van der Waals surface area (Å²) in [6.45, 7) is 1.91. The molecule has 7 nitrogen and oxygen atoms in total. The summed E-state index contributed by atoms with van der Waals surface area (Å²) < 4.78 is 6.44. The Labute approximate surface area is 115 Å². The summed E-state index contributed by atoms with van der Waals surface area (Å²) >= 11 is 0. The van der Waals surface area contributed by atoms with Gasteiger partial charge in [0.2, 0.25) is 0 Å². The highest BCUT2D eigenvalue weighted by molar-refractivity contribution is 5.95. The van der Waals surface area contributed by atoms with E-state index in [1.165, 1.54) is 0 Å². The summed E-state index contributed by atoms with van der Waals surface area (Å²) in [5, 5.41) is 0. The van der Waals surface area contributed by atoms with Crippen LogP contribution in [0.3, 0.4) is 0 Å². The van der Waals surface area contributed by atoms with Gasteiger partial charge in [0.25, 0.3) is 5.91 Å². The number of hydrazine groups is 1. The first-order chi connectivity index (χ1) is 9.70. The van der Waals surface area contributed by atoms with Crippen molar-refractivity contribution >= 4 is 12.0 Å². The quantitative estimate of drug-likeness (QED) is 0.825. The number of carbonyl (C=O) groups is 2. The third-order valence-electron chi connectivity index (χ3n) is 2.49. The fourth-order valence-corrected chi connectivity index (χ4v) is 1.54. The van der Waals surface area contributed by atoms with Crippen LogP contribution in [0.2, 0.25) is 0 Å². The van der Waals surface area contributed by atoms with Gasteiger partial charge in [0.1, 0.15) is 0 Å². The molecule has 0 bridgehead atoms. The fourth-order valence-electron chi connectivity index (χ4n) is 1.54. The summed E-state index contributed by atoms with van der Waals surface area (Å²) in [4.78, 5) is 26.7. The topological polar surface area (TPSA) is 85.3 Å². The molecule has 20 heavy (non-hydrogen) atoms. The number of nitrogens with zero attached hydrogens (tertiary/aromatic N) is 2. The number of imidazole rings is 1. The molecule has 1 aromatic carbocycles. The molecule has 0 saturated heterocycles. The number of aromatic nitrogens is 2. The van der Waals surface area contributed by atoms with E-state index in [0.29, 0.717) is 5.56 Å². The highest BCUT2D eigenvalue weighted by Gasteiger charge is 2.07. The summed E-state index contributed by atoms with van der Waals surface area (Å²) in [7, 11) is 0. The normalized spacial score (nSPS) is 9.85. The van der Waals surface area contributed by atoms with Crippen LogP contribution in [0.15, 0.2) is 43.0 Å². The number of rotatable bonds is 3. The zero-order valence-corrected chi connectivity index (χ0v) is 10.9. The summed E-state index contributed by atoms with van der Waals surface area (Å²) in [6.07, 6.45) is 4.44. The van der Waals surface area contributed by atoms with Crippen LogP contribution in [0.5, 0.6) is 0 Å². The zero-order valence-electron chi connectivity index (χ0n) is 10.9. The first-order valence-electron chi connectivity index (χ1n) is 6.02. The van der Waals surface area contributed by atoms with E-state index in [1.807, 2.05) is 4.57 Å². The van der Waals surface area contributed by atoms with E-state index in [2.05, 4.69) is 20.6 Å². The monoisotopic (exact) mass is 274 g/mol. The van der Waals surface area contributed by atoms with E-state index in [1.54, 1.807) is 49.9 Å². The molecule has 0 aliphatic rings. The molecule has 2 rings (SSSR count). The smallest absolute Gasteiger partial charge is 0.426 e. The SMILES string of the molecule is CCOC(=O)NNC(=O)c1ccc(-n2ccnc2)cc1. The predicted molar refractivity (Wildman–Crippen MR) is 71.2 cm³/mol. The minimum absolute atomic E-state index is 0.237. The van der Waals surface area contributed by atoms with Gasteiger partial charge in [-0.25, -0.2) is 15.2 Å². The number of carbonyl (C=O) groups excluding carboxylic acids is 2. The number of hydrogen-bond donors (Lipinski definition) is 2. The fraction of sp³-hybridized carbons (Fsp3) is 0.154. The second kappa shape index (κ2) is 6.37. The van der Waals surface area contributed by atoms with Crippen molar-refractivity contribution < 1.29 is 14.3 Å². The molecule has 1 heterocycles. The van der Waals surface area contributed by atoms with Gasteiger partial charge < -0.3 is 9.30 Å². The van der Waals surface area contributed by atoms with Gasteiger partial charge in [0.15, 0.2) is 0 Å². The molecule has 104 valence electrons. The van der Waals surface area contributed by atoms with Crippen LogP contribution in [-0.4, -0.2) is 28.2 Å². The van der Waals surface area contributed by atoms with Crippen LogP contribution in [0.4, 0.5) is 4.79 Å². The Bertz CT molecular complexity index is 578. The third-order valence-corrected chi connectivity index (χ3v) is 2.49. The standard InChI is InChI=1S/C13H14N4O3/c1-2-20-13(19)16-15-12(18)10-3-5-11(6-4-10)17-8-7-14-9-17/h3-9H,2H2,1H3,(H,15,18)(H,16,19). The number of hydrogen-bond acceptors (Lipinski definition) is 4. The molecule has 0 aliphatic heterocycles. The van der Waals surface area contributed by atoms with Crippen LogP contribution in [-0.2, 0) is 4.74 Å². The molecule has 0 aliphatic carbocycles. The highest BCUT2D eigenvalue weighted by Crippen LogP contribution is 2.08. The van der Waals surface area contributed by atoms with Crippen molar-refractivity contribution in [2.75, 3.05) is 6.61 Å². The van der Waals surface area contributed by atoms with Gasteiger partial charge in [-0.05, 0) is 31.2 Å². The lowest BCUT2D eigenvalue weighted by Crippen LogP contribution is -2.41. The lowest BCUT2D eigenvalue weighted by molar-refractivity contribution is 0.0912. The van der Waals surface area contributed by atoms with Crippen LogP contribution < -0.4 is 10.9 Å². The van der Waals surface area contributed by atoms with Crippen molar-refractivity contribution in [3.63, 3.8) is 0 Å². The van der Waals surface area contributed by atoms with E-state index in [0.717, 1.165) is 5.69 Å². The van der Waals surface area contributed by atoms with Gasteiger partial charge in [-0.2, -0.15) is 0 Å². The Kier molecular flexibility index (Phi) is 4.33. The van der Waals surface area contributed by atoms with E-state index in [9.17, 15) is 9.59 Å². The maximum atomic E-state index is 11.8. The predicted octanol–water partition coefficient (Wildman–Crippen LogP) is 1.26. The van der Waals surface area contributed by atoms with Crippen molar-refractivity contribution in [3.8, 4) is 5.69 Å². The lowest BCUT2D eigenvalue weighted by atomic mass is 10.2. The maximum Gasteiger partial charge on any atom is 0.426 e. The Morgan fingerprint density at radius 3 is 2.60 bits per heavy atom. The Morgan fingerprint density at radius 2 is 2.00 bits per heavy atom. The largest absolute Gasteiger partial charge is 0.449 e. The molecule has 0 unspecified atom stereocenters. The minimum Gasteiger partial charge on any atom is -0.449 e. The molecule has 0 saturated carbocycles. The molecular weight excluding hydrogens is 260 g/mol. The molecule has 0 spiro atoms. The first-order valence-corrected chi connectivity index (χ1v) is 6.02. The number of amides is 2. The van der Waals surface area contributed by atoms with Crippen molar-refractivity contribution in [1.82, 2.24) is 20.4 Å². The number of nitrogens with one attached hydrogen (secondary N) is 2. The summed E-state index contributed by atoms with van der Waals surface area (Å²) in [5.74, 6) is -0.421. The van der Waals surface area contributed by atoms with Crippen molar-refractivity contribution in [1.29, 1.82) is 0 Å². The van der Waals surface area contributed by atoms with E-state index in [-0.39, 0.29) is 6.61 Å². The van der Waals surface area contributed by atoms with Gasteiger partial charge in [-0.1, -0.05) is 0 Å². The Balaban J connectivity index is 1.96. The molecule has 0 radical (unpaired) electrons. The van der Waals surface area contributed by atoms with Gasteiger partial charge in [-0.3, -0.25) is 10.2 Å². The van der Waals surface area contributed by atoms with Crippen LogP contribution >= 0.6 is 0 Å². The van der Waals surface area contributed by atoms with E-state index in [4.69, 9.17) is 0 Å². The Morgan fingerprint density at radius 1 is 1.25 bits per heavy atom.